The lowest BCUT2D eigenvalue weighted by molar-refractivity contribution is -0.122. The van der Waals surface area contributed by atoms with Crippen molar-refractivity contribution in [3.8, 4) is 0 Å². The second-order valence-electron chi connectivity index (χ2n) is 8.99. The van der Waals surface area contributed by atoms with Crippen LogP contribution in [0.15, 0.2) is 29.1 Å². The third kappa shape index (κ3) is 4.91. The average Bonchev–Trinajstić information content (AvgIpc) is 2.79. The van der Waals surface area contributed by atoms with Gasteiger partial charge < -0.3 is 10.3 Å². The first kappa shape index (κ1) is 21.0. The number of piperidine rings is 1. The number of H-pyrrole nitrogens is 1. The summed E-state index contributed by atoms with van der Waals surface area (Å²) >= 11 is 0. The van der Waals surface area contributed by atoms with E-state index in [9.17, 15) is 9.59 Å². The van der Waals surface area contributed by atoms with E-state index in [1.54, 1.807) is 6.07 Å². The molecule has 1 amide bonds. The van der Waals surface area contributed by atoms with E-state index in [0.29, 0.717) is 36.0 Å². The maximum absolute atomic E-state index is 12.6. The van der Waals surface area contributed by atoms with Crippen LogP contribution < -0.4 is 10.9 Å². The SMILES string of the molecule is O=C(CCCc1nc2ccccc2c(=O)[nH]1)NCC1(N2CCCCC2)CCCCC1. The molecule has 1 aliphatic heterocycles. The number of nitrogens with zero attached hydrogens (tertiary/aromatic N) is 2. The summed E-state index contributed by atoms with van der Waals surface area (Å²) in [5, 5.41) is 3.85. The number of likely N-dealkylation sites (tertiary alicyclic amines) is 1. The Morgan fingerprint density at radius 3 is 2.60 bits per heavy atom. The number of aryl methyl sites for hydroxylation is 1. The zero-order chi connectivity index (χ0) is 20.8. The second kappa shape index (κ2) is 9.73. The zero-order valence-electron chi connectivity index (χ0n) is 17.9. The van der Waals surface area contributed by atoms with E-state index in [4.69, 9.17) is 0 Å². The lowest BCUT2D eigenvalue weighted by Gasteiger charge is -2.48. The van der Waals surface area contributed by atoms with Gasteiger partial charge in [-0.05, 0) is 57.3 Å². The summed E-state index contributed by atoms with van der Waals surface area (Å²) in [6.07, 6.45) is 11.9. The van der Waals surface area contributed by atoms with E-state index in [1.807, 2.05) is 18.2 Å². The summed E-state index contributed by atoms with van der Waals surface area (Å²) in [4.78, 5) is 34.8. The molecule has 1 aromatic heterocycles. The molecule has 6 heteroatoms. The van der Waals surface area contributed by atoms with Gasteiger partial charge in [-0.25, -0.2) is 4.98 Å². The molecule has 30 heavy (non-hydrogen) atoms. The Morgan fingerprint density at radius 1 is 1.07 bits per heavy atom. The third-order valence-corrected chi connectivity index (χ3v) is 6.91. The number of carbonyl (C=O) groups is 1. The van der Waals surface area contributed by atoms with Crippen LogP contribution in [-0.4, -0.2) is 45.9 Å². The molecule has 0 bridgehead atoms. The Labute approximate surface area is 178 Å². The number of aromatic amines is 1. The van der Waals surface area contributed by atoms with Gasteiger partial charge in [0.15, 0.2) is 0 Å². The number of aromatic nitrogens is 2. The van der Waals surface area contributed by atoms with Crippen LogP contribution in [0.4, 0.5) is 0 Å². The maximum Gasteiger partial charge on any atom is 0.258 e. The lowest BCUT2D eigenvalue weighted by Crippen LogP contribution is -2.58. The van der Waals surface area contributed by atoms with Crippen LogP contribution in [0.3, 0.4) is 0 Å². The Morgan fingerprint density at radius 2 is 1.80 bits per heavy atom. The van der Waals surface area contributed by atoms with Crippen molar-refractivity contribution in [3.63, 3.8) is 0 Å². The van der Waals surface area contributed by atoms with Crippen molar-refractivity contribution in [2.24, 2.45) is 0 Å². The molecule has 2 aromatic rings. The summed E-state index contributed by atoms with van der Waals surface area (Å²) in [6, 6.07) is 7.36. The molecule has 162 valence electrons. The Balaban J connectivity index is 1.29. The molecule has 2 aliphatic rings. The number of carbonyl (C=O) groups excluding carboxylic acids is 1. The van der Waals surface area contributed by atoms with Gasteiger partial charge in [-0.15, -0.1) is 0 Å². The van der Waals surface area contributed by atoms with E-state index >= 15 is 0 Å². The number of hydrogen-bond donors (Lipinski definition) is 2. The average molecular weight is 411 g/mol. The second-order valence-corrected chi connectivity index (χ2v) is 8.99. The number of nitrogens with one attached hydrogen (secondary N) is 2. The van der Waals surface area contributed by atoms with Gasteiger partial charge in [-0.1, -0.05) is 37.8 Å². The highest BCUT2D eigenvalue weighted by atomic mass is 16.1. The Hall–Kier alpha value is -2.21. The summed E-state index contributed by atoms with van der Waals surface area (Å²) in [5.41, 5.74) is 0.765. The summed E-state index contributed by atoms with van der Waals surface area (Å²) in [6.45, 7) is 3.13. The summed E-state index contributed by atoms with van der Waals surface area (Å²) in [5.74, 6) is 0.767. The van der Waals surface area contributed by atoms with Gasteiger partial charge in [0.1, 0.15) is 5.82 Å². The van der Waals surface area contributed by atoms with Gasteiger partial charge in [-0.2, -0.15) is 0 Å². The van der Waals surface area contributed by atoms with Crippen molar-refractivity contribution in [2.45, 2.75) is 76.2 Å². The van der Waals surface area contributed by atoms with Crippen molar-refractivity contribution < 1.29 is 4.79 Å². The lowest BCUT2D eigenvalue weighted by atomic mass is 9.79. The summed E-state index contributed by atoms with van der Waals surface area (Å²) in [7, 11) is 0. The van der Waals surface area contributed by atoms with Crippen LogP contribution in [0, 0.1) is 0 Å². The fraction of sp³-hybridized carbons (Fsp3) is 0.625. The van der Waals surface area contributed by atoms with E-state index in [1.165, 1.54) is 64.5 Å². The monoisotopic (exact) mass is 410 g/mol. The first-order valence-corrected chi connectivity index (χ1v) is 11.7. The third-order valence-electron chi connectivity index (χ3n) is 6.91. The molecule has 4 rings (SSSR count). The highest BCUT2D eigenvalue weighted by molar-refractivity contribution is 5.77. The maximum atomic E-state index is 12.6. The largest absolute Gasteiger partial charge is 0.354 e. The molecule has 2 fully saturated rings. The van der Waals surface area contributed by atoms with Crippen LogP contribution in [0.5, 0.6) is 0 Å². The Bertz CT molecular complexity index is 911. The molecule has 1 saturated carbocycles. The molecule has 2 heterocycles. The standard InChI is InChI=1S/C24H34N4O2/c29-22(13-9-12-21-26-20-11-4-3-10-19(20)23(30)27-21)25-18-24(14-5-1-6-15-24)28-16-7-2-8-17-28/h3-4,10-11H,1-2,5-9,12-18H2,(H,25,29)(H,26,27,30). The van der Waals surface area contributed by atoms with Crippen LogP contribution in [0.1, 0.15) is 70.0 Å². The molecular formula is C24H34N4O2. The van der Waals surface area contributed by atoms with Crippen molar-refractivity contribution in [3.05, 3.63) is 40.4 Å². The molecule has 1 aliphatic carbocycles. The minimum Gasteiger partial charge on any atom is -0.354 e. The molecule has 6 nitrogen and oxygen atoms in total. The molecule has 1 aromatic carbocycles. The first-order chi connectivity index (χ1) is 14.7. The fourth-order valence-electron chi connectivity index (χ4n) is 5.20. The number of para-hydroxylation sites is 1. The minimum atomic E-state index is -0.110. The quantitative estimate of drug-likeness (QED) is 0.732. The number of fused-ring (bicyclic) bond motifs is 1. The van der Waals surface area contributed by atoms with Gasteiger partial charge in [0.05, 0.1) is 10.9 Å². The Kier molecular flexibility index (Phi) is 6.82. The van der Waals surface area contributed by atoms with Gasteiger partial charge in [-0.3, -0.25) is 14.5 Å². The van der Waals surface area contributed by atoms with E-state index in [-0.39, 0.29) is 17.0 Å². The number of amides is 1. The number of benzene rings is 1. The number of hydrogen-bond acceptors (Lipinski definition) is 4. The molecule has 0 atom stereocenters. The predicted octanol–water partition coefficient (Wildman–Crippen LogP) is 3.55. The fourth-order valence-corrected chi connectivity index (χ4v) is 5.20. The van der Waals surface area contributed by atoms with Gasteiger partial charge >= 0.3 is 0 Å². The van der Waals surface area contributed by atoms with E-state index in [0.717, 1.165) is 6.54 Å². The van der Waals surface area contributed by atoms with Crippen molar-refractivity contribution in [1.82, 2.24) is 20.2 Å². The van der Waals surface area contributed by atoms with Crippen molar-refractivity contribution in [1.29, 1.82) is 0 Å². The molecule has 1 saturated heterocycles. The van der Waals surface area contributed by atoms with Crippen LogP contribution in [-0.2, 0) is 11.2 Å². The number of rotatable bonds is 7. The molecule has 0 unspecified atom stereocenters. The molecular weight excluding hydrogens is 376 g/mol. The minimum absolute atomic E-state index is 0.110. The smallest absolute Gasteiger partial charge is 0.258 e. The van der Waals surface area contributed by atoms with Gasteiger partial charge in [0.25, 0.3) is 5.56 Å². The van der Waals surface area contributed by atoms with E-state index in [2.05, 4.69) is 20.2 Å². The molecule has 2 N–H and O–H groups in total. The van der Waals surface area contributed by atoms with Crippen molar-refractivity contribution >= 4 is 16.8 Å². The first-order valence-electron chi connectivity index (χ1n) is 11.7. The van der Waals surface area contributed by atoms with E-state index < -0.39 is 0 Å². The molecule has 0 spiro atoms. The normalized spacial score (nSPS) is 19.6. The van der Waals surface area contributed by atoms with Crippen LogP contribution in [0.25, 0.3) is 10.9 Å². The zero-order valence-corrected chi connectivity index (χ0v) is 17.9. The van der Waals surface area contributed by atoms with Crippen molar-refractivity contribution in [2.75, 3.05) is 19.6 Å². The highest BCUT2D eigenvalue weighted by Gasteiger charge is 2.38. The molecule has 0 radical (unpaired) electrons. The topological polar surface area (TPSA) is 78.1 Å². The predicted molar refractivity (Wildman–Crippen MR) is 120 cm³/mol. The highest BCUT2D eigenvalue weighted by Crippen LogP contribution is 2.35. The van der Waals surface area contributed by atoms with Crippen LogP contribution >= 0.6 is 0 Å². The van der Waals surface area contributed by atoms with Gasteiger partial charge in [0, 0.05) is 24.9 Å². The van der Waals surface area contributed by atoms with Gasteiger partial charge in [0.2, 0.25) is 5.91 Å². The summed E-state index contributed by atoms with van der Waals surface area (Å²) < 4.78 is 0. The van der Waals surface area contributed by atoms with Crippen LogP contribution in [0.2, 0.25) is 0 Å².